The summed E-state index contributed by atoms with van der Waals surface area (Å²) in [5.74, 6) is -0.0592. The van der Waals surface area contributed by atoms with E-state index in [1.54, 1.807) is 0 Å². The summed E-state index contributed by atoms with van der Waals surface area (Å²) in [6.45, 7) is 2.16. The summed E-state index contributed by atoms with van der Waals surface area (Å²) in [7, 11) is 1.44. The molecule has 0 bridgehead atoms. The van der Waals surface area contributed by atoms with E-state index in [1.807, 2.05) is 0 Å². The van der Waals surface area contributed by atoms with Crippen LogP contribution in [0.25, 0.3) is 0 Å². The van der Waals surface area contributed by atoms with Crippen molar-refractivity contribution in [3.63, 3.8) is 0 Å². The molecule has 0 unspecified atom stereocenters. The van der Waals surface area contributed by atoms with E-state index in [2.05, 4.69) is 11.7 Å². The SMILES string of the molecule is CCCC[Se]CC(=O)OC. The molecule has 0 radical (unpaired) electrons. The normalized spacial score (nSPS) is 9.40. The molecular formula is C7H14O2Se. The van der Waals surface area contributed by atoms with Gasteiger partial charge in [0.1, 0.15) is 0 Å². The number of esters is 1. The van der Waals surface area contributed by atoms with Crippen LogP contribution in [0.5, 0.6) is 0 Å². The third kappa shape index (κ3) is 6.11. The van der Waals surface area contributed by atoms with Crippen LogP contribution in [0.3, 0.4) is 0 Å². The van der Waals surface area contributed by atoms with Crippen LogP contribution in [0.15, 0.2) is 0 Å². The fourth-order valence-corrected chi connectivity index (χ4v) is 2.39. The second-order valence-corrected chi connectivity index (χ2v) is 4.30. The Morgan fingerprint density at radius 1 is 1.60 bits per heavy atom. The molecule has 0 aromatic carbocycles. The van der Waals surface area contributed by atoms with Crippen LogP contribution in [0.2, 0.25) is 10.6 Å². The first-order chi connectivity index (χ1) is 4.81. The number of methoxy groups -OCH3 is 1. The van der Waals surface area contributed by atoms with Crippen molar-refractivity contribution in [3.8, 4) is 0 Å². The van der Waals surface area contributed by atoms with Crippen LogP contribution in [0, 0.1) is 0 Å². The van der Waals surface area contributed by atoms with Gasteiger partial charge in [-0.1, -0.05) is 0 Å². The van der Waals surface area contributed by atoms with Crippen molar-refractivity contribution < 1.29 is 9.53 Å². The minimum atomic E-state index is -0.0592. The number of carbonyl (C=O) groups is 1. The standard InChI is InChI=1S/C7H14O2Se/c1-3-4-5-10-6-7(8)9-2/h3-6H2,1-2H3. The van der Waals surface area contributed by atoms with Gasteiger partial charge in [0.25, 0.3) is 0 Å². The van der Waals surface area contributed by atoms with Crippen molar-refractivity contribution in [2.45, 2.75) is 30.4 Å². The third-order valence-corrected chi connectivity index (χ3v) is 3.22. The topological polar surface area (TPSA) is 26.3 Å². The monoisotopic (exact) mass is 210 g/mol. The summed E-state index contributed by atoms with van der Waals surface area (Å²) in [6.07, 6.45) is 2.47. The van der Waals surface area contributed by atoms with Gasteiger partial charge < -0.3 is 0 Å². The Bertz CT molecular complexity index is 93.6. The number of ether oxygens (including phenoxy) is 1. The van der Waals surface area contributed by atoms with E-state index in [0.29, 0.717) is 20.3 Å². The predicted octanol–water partition coefficient (Wildman–Crippen LogP) is 1.50. The second-order valence-electron chi connectivity index (χ2n) is 1.98. The van der Waals surface area contributed by atoms with Crippen molar-refractivity contribution in [3.05, 3.63) is 0 Å². The minimum absolute atomic E-state index is 0.0592. The molecule has 0 spiro atoms. The van der Waals surface area contributed by atoms with Gasteiger partial charge in [-0.3, -0.25) is 0 Å². The third-order valence-electron chi connectivity index (χ3n) is 1.09. The number of rotatable bonds is 5. The van der Waals surface area contributed by atoms with E-state index in [-0.39, 0.29) is 5.97 Å². The zero-order valence-electron chi connectivity index (χ0n) is 6.55. The van der Waals surface area contributed by atoms with Crippen LogP contribution in [0.1, 0.15) is 19.8 Å². The van der Waals surface area contributed by atoms with Crippen molar-refractivity contribution in [2.24, 2.45) is 0 Å². The van der Waals surface area contributed by atoms with E-state index in [9.17, 15) is 4.79 Å². The molecule has 0 aliphatic heterocycles. The molecule has 0 saturated heterocycles. The van der Waals surface area contributed by atoms with Crippen molar-refractivity contribution in [1.29, 1.82) is 0 Å². The molecule has 3 heteroatoms. The van der Waals surface area contributed by atoms with E-state index < -0.39 is 0 Å². The van der Waals surface area contributed by atoms with Gasteiger partial charge in [0, 0.05) is 0 Å². The number of carbonyl (C=O) groups excluding carboxylic acids is 1. The Hall–Kier alpha value is -0.0105. The van der Waals surface area contributed by atoms with E-state index >= 15 is 0 Å². The van der Waals surface area contributed by atoms with Crippen molar-refractivity contribution in [1.82, 2.24) is 0 Å². The number of unbranched alkanes of at least 4 members (excludes halogenated alkanes) is 1. The zero-order valence-corrected chi connectivity index (χ0v) is 8.27. The van der Waals surface area contributed by atoms with Crippen LogP contribution < -0.4 is 0 Å². The molecule has 0 heterocycles. The van der Waals surface area contributed by atoms with Crippen LogP contribution in [0.4, 0.5) is 0 Å². The molecule has 0 saturated carbocycles. The molecule has 2 nitrogen and oxygen atoms in total. The Labute approximate surface area is 68.5 Å². The van der Waals surface area contributed by atoms with Crippen molar-refractivity contribution >= 4 is 20.9 Å². The van der Waals surface area contributed by atoms with Gasteiger partial charge >= 0.3 is 68.0 Å². The molecule has 0 aromatic rings. The molecule has 0 aliphatic carbocycles. The Morgan fingerprint density at radius 3 is 2.80 bits per heavy atom. The Kier molecular flexibility index (Phi) is 7.09. The average Bonchev–Trinajstić information content (AvgIpc) is 1.98. The Balaban J connectivity index is 2.96. The summed E-state index contributed by atoms with van der Waals surface area (Å²) in [5.41, 5.74) is 0. The number of hydrogen-bond donors (Lipinski definition) is 0. The van der Waals surface area contributed by atoms with E-state index in [1.165, 1.54) is 25.3 Å². The molecule has 0 aliphatic rings. The fourth-order valence-electron chi connectivity index (χ4n) is 0.461. The maximum absolute atomic E-state index is 10.6. The molecule has 0 rings (SSSR count). The summed E-state index contributed by atoms with van der Waals surface area (Å²) < 4.78 is 4.51. The average molecular weight is 209 g/mol. The van der Waals surface area contributed by atoms with E-state index in [4.69, 9.17) is 0 Å². The number of hydrogen-bond acceptors (Lipinski definition) is 2. The summed E-state index contributed by atoms with van der Waals surface area (Å²) in [5, 5.41) is 1.85. The van der Waals surface area contributed by atoms with Gasteiger partial charge in [-0.05, 0) is 0 Å². The van der Waals surface area contributed by atoms with Gasteiger partial charge in [0.2, 0.25) is 0 Å². The molecule has 0 aromatic heterocycles. The molecule has 0 atom stereocenters. The van der Waals surface area contributed by atoms with Gasteiger partial charge in [-0.25, -0.2) is 0 Å². The molecule has 0 amide bonds. The molecule has 10 heavy (non-hydrogen) atoms. The molecular weight excluding hydrogens is 195 g/mol. The maximum atomic E-state index is 10.6. The molecule has 0 N–H and O–H groups in total. The fraction of sp³-hybridized carbons (Fsp3) is 0.857. The first kappa shape index (κ1) is 9.99. The van der Waals surface area contributed by atoms with E-state index in [0.717, 1.165) is 0 Å². The molecule has 60 valence electrons. The van der Waals surface area contributed by atoms with Gasteiger partial charge in [0.05, 0.1) is 0 Å². The van der Waals surface area contributed by atoms with Crippen molar-refractivity contribution in [2.75, 3.05) is 7.11 Å². The van der Waals surface area contributed by atoms with Gasteiger partial charge in [-0.2, -0.15) is 0 Å². The summed E-state index contributed by atoms with van der Waals surface area (Å²) in [6, 6.07) is 0. The summed E-state index contributed by atoms with van der Waals surface area (Å²) in [4.78, 5) is 10.6. The van der Waals surface area contributed by atoms with Crippen LogP contribution >= 0.6 is 0 Å². The quantitative estimate of drug-likeness (QED) is 0.389. The van der Waals surface area contributed by atoms with Crippen LogP contribution in [-0.2, 0) is 9.53 Å². The first-order valence-electron chi connectivity index (χ1n) is 3.45. The Morgan fingerprint density at radius 2 is 2.30 bits per heavy atom. The van der Waals surface area contributed by atoms with Gasteiger partial charge in [-0.15, -0.1) is 0 Å². The second kappa shape index (κ2) is 7.10. The summed E-state index contributed by atoms with van der Waals surface area (Å²) >= 11 is 0.475. The van der Waals surface area contributed by atoms with Crippen LogP contribution in [-0.4, -0.2) is 28.0 Å². The zero-order chi connectivity index (χ0) is 7.82. The first-order valence-corrected chi connectivity index (χ1v) is 5.88. The predicted molar refractivity (Wildman–Crippen MR) is 42.3 cm³/mol. The molecule has 0 fully saturated rings. The van der Waals surface area contributed by atoms with Gasteiger partial charge in [0.15, 0.2) is 0 Å².